The Morgan fingerprint density at radius 3 is 2.77 bits per heavy atom. The molecule has 1 aromatic heterocycles. The van der Waals surface area contributed by atoms with Crippen molar-refractivity contribution in [2.45, 2.75) is 72.3 Å². The SMILES string of the molecule is CCCCc1oc2ccccc2c1C[C@@H]1CCCN1C(=O)[C@@H](C)C(C)C. The summed E-state index contributed by atoms with van der Waals surface area (Å²) in [4.78, 5) is 15.1. The van der Waals surface area contributed by atoms with Gasteiger partial charge in [-0.3, -0.25) is 4.79 Å². The van der Waals surface area contributed by atoms with Crippen molar-refractivity contribution in [3.05, 3.63) is 35.6 Å². The molecule has 1 fully saturated rings. The molecule has 3 rings (SSSR count). The van der Waals surface area contributed by atoms with Crippen LogP contribution < -0.4 is 0 Å². The van der Waals surface area contributed by atoms with Crippen molar-refractivity contribution < 1.29 is 9.21 Å². The van der Waals surface area contributed by atoms with Gasteiger partial charge in [-0.15, -0.1) is 0 Å². The first-order valence-electron chi connectivity index (χ1n) is 10.3. The van der Waals surface area contributed by atoms with Crippen LogP contribution in [0.25, 0.3) is 11.0 Å². The second-order valence-corrected chi connectivity index (χ2v) is 8.17. The molecule has 1 saturated heterocycles. The molecule has 3 heteroatoms. The van der Waals surface area contributed by atoms with E-state index in [1.807, 2.05) is 6.07 Å². The summed E-state index contributed by atoms with van der Waals surface area (Å²) in [6.45, 7) is 9.47. The lowest BCUT2D eigenvalue weighted by atomic mass is 9.94. The zero-order valence-corrected chi connectivity index (χ0v) is 16.8. The first-order valence-corrected chi connectivity index (χ1v) is 10.3. The Morgan fingerprint density at radius 1 is 1.27 bits per heavy atom. The molecule has 0 radical (unpaired) electrons. The molecule has 1 aliphatic heterocycles. The van der Waals surface area contributed by atoms with Crippen molar-refractivity contribution in [1.29, 1.82) is 0 Å². The van der Waals surface area contributed by atoms with Crippen molar-refractivity contribution in [3.8, 4) is 0 Å². The maximum absolute atomic E-state index is 12.9. The van der Waals surface area contributed by atoms with Crippen molar-refractivity contribution in [2.24, 2.45) is 11.8 Å². The van der Waals surface area contributed by atoms with E-state index in [4.69, 9.17) is 4.42 Å². The highest BCUT2D eigenvalue weighted by molar-refractivity contribution is 5.83. The lowest BCUT2D eigenvalue weighted by Crippen LogP contribution is -2.41. The van der Waals surface area contributed by atoms with Crippen LogP contribution in [-0.2, 0) is 17.6 Å². The number of hydrogen-bond acceptors (Lipinski definition) is 2. The number of rotatable bonds is 7. The van der Waals surface area contributed by atoms with Gasteiger partial charge in [0.1, 0.15) is 11.3 Å². The highest BCUT2D eigenvalue weighted by atomic mass is 16.3. The third kappa shape index (κ3) is 3.82. The van der Waals surface area contributed by atoms with Crippen molar-refractivity contribution in [3.63, 3.8) is 0 Å². The molecule has 26 heavy (non-hydrogen) atoms. The van der Waals surface area contributed by atoms with Crippen LogP contribution in [0.15, 0.2) is 28.7 Å². The monoisotopic (exact) mass is 355 g/mol. The van der Waals surface area contributed by atoms with E-state index < -0.39 is 0 Å². The van der Waals surface area contributed by atoms with E-state index in [2.05, 4.69) is 50.8 Å². The fourth-order valence-electron chi connectivity index (χ4n) is 4.03. The Morgan fingerprint density at radius 2 is 2.04 bits per heavy atom. The number of fused-ring (bicyclic) bond motifs is 1. The third-order valence-corrected chi connectivity index (χ3v) is 6.03. The second-order valence-electron chi connectivity index (χ2n) is 8.17. The Balaban J connectivity index is 1.86. The summed E-state index contributed by atoms with van der Waals surface area (Å²) in [5.74, 6) is 1.93. The average molecular weight is 356 g/mol. The molecule has 142 valence electrons. The Labute approximate surface area is 157 Å². The first-order chi connectivity index (χ1) is 12.5. The van der Waals surface area contributed by atoms with Crippen molar-refractivity contribution in [1.82, 2.24) is 4.90 Å². The minimum Gasteiger partial charge on any atom is -0.461 e. The number of benzene rings is 1. The topological polar surface area (TPSA) is 33.5 Å². The van der Waals surface area contributed by atoms with Gasteiger partial charge in [0.2, 0.25) is 5.91 Å². The van der Waals surface area contributed by atoms with E-state index in [1.165, 1.54) is 10.9 Å². The lowest BCUT2D eigenvalue weighted by molar-refractivity contribution is -0.137. The molecule has 1 aliphatic rings. The van der Waals surface area contributed by atoms with Gasteiger partial charge in [0.25, 0.3) is 0 Å². The fraction of sp³-hybridized carbons (Fsp3) is 0.609. The predicted octanol–water partition coefficient (Wildman–Crippen LogP) is 5.60. The standard InChI is InChI=1S/C23H33NO2/c1-5-6-12-22-20(19-11-7-8-13-21(19)26-22)15-18-10-9-14-24(18)23(25)17(4)16(2)3/h7-8,11,13,16-18H,5-6,9-10,12,14-15H2,1-4H3/t17-,18-/m0/s1. The summed E-state index contributed by atoms with van der Waals surface area (Å²) in [7, 11) is 0. The molecular weight excluding hydrogens is 322 g/mol. The number of unbranched alkanes of at least 4 members (excludes halogenated alkanes) is 1. The average Bonchev–Trinajstić information content (AvgIpc) is 3.24. The first kappa shape index (κ1) is 19.0. The van der Waals surface area contributed by atoms with E-state index in [-0.39, 0.29) is 5.92 Å². The van der Waals surface area contributed by atoms with Gasteiger partial charge in [-0.1, -0.05) is 52.3 Å². The van der Waals surface area contributed by atoms with E-state index in [1.54, 1.807) is 0 Å². The minimum atomic E-state index is 0.0938. The van der Waals surface area contributed by atoms with Gasteiger partial charge >= 0.3 is 0 Å². The molecule has 3 nitrogen and oxygen atoms in total. The van der Waals surface area contributed by atoms with Gasteiger partial charge in [-0.2, -0.15) is 0 Å². The normalized spacial score (nSPS) is 18.8. The van der Waals surface area contributed by atoms with Crippen molar-refractivity contribution in [2.75, 3.05) is 6.54 Å². The second kappa shape index (κ2) is 8.28. The van der Waals surface area contributed by atoms with Gasteiger partial charge < -0.3 is 9.32 Å². The zero-order chi connectivity index (χ0) is 18.7. The fourth-order valence-corrected chi connectivity index (χ4v) is 4.03. The number of carbonyl (C=O) groups is 1. The molecule has 2 heterocycles. The smallest absolute Gasteiger partial charge is 0.225 e. The van der Waals surface area contributed by atoms with E-state index in [0.717, 1.165) is 56.4 Å². The molecule has 0 N–H and O–H groups in total. The number of para-hydroxylation sites is 1. The molecular formula is C23H33NO2. The van der Waals surface area contributed by atoms with Gasteiger partial charge in [0, 0.05) is 35.9 Å². The van der Waals surface area contributed by atoms with Crippen LogP contribution in [0.3, 0.4) is 0 Å². The Bertz CT molecular complexity index is 746. The van der Waals surface area contributed by atoms with Gasteiger partial charge in [-0.25, -0.2) is 0 Å². The van der Waals surface area contributed by atoms with Gasteiger partial charge in [0.05, 0.1) is 0 Å². The van der Waals surface area contributed by atoms with Crippen LogP contribution in [0.4, 0.5) is 0 Å². The highest BCUT2D eigenvalue weighted by Gasteiger charge is 2.33. The number of likely N-dealkylation sites (tertiary alicyclic amines) is 1. The lowest BCUT2D eigenvalue weighted by Gasteiger charge is -2.29. The quantitative estimate of drug-likeness (QED) is 0.647. The molecule has 2 aromatic rings. The molecule has 0 saturated carbocycles. The molecule has 1 aromatic carbocycles. The molecule has 0 aliphatic carbocycles. The zero-order valence-electron chi connectivity index (χ0n) is 16.8. The van der Waals surface area contributed by atoms with Crippen LogP contribution in [0.2, 0.25) is 0 Å². The van der Waals surface area contributed by atoms with Crippen molar-refractivity contribution >= 4 is 16.9 Å². The van der Waals surface area contributed by atoms with Crippen LogP contribution in [0, 0.1) is 11.8 Å². The van der Waals surface area contributed by atoms with E-state index in [0.29, 0.717) is 17.9 Å². The molecule has 2 atom stereocenters. The third-order valence-electron chi connectivity index (χ3n) is 6.03. The highest BCUT2D eigenvalue weighted by Crippen LogP contribution is 2.32. The summed E-state index contributed by atoms with van der Waals surface area (Å²) in [6, 6.07) is 8.66. The number of aryl methyl sites for hydroxylation is 1. The van der Waals surface area contributed by atoms with Crippen LogP contribution in [0.5, 0.6) is 0 Å². The Hall–Kier alpha value is -1.77. The number of hydrogen-bond donors (Lipinski definition) is 0. The van der Waals surface area contributed by atoms with E-state index >= 15 is 0 Å². The summed E-state index contributed by atoms with van der Waals surface area (Å²) >= 11 is 0. The van der Waals surface area contributed by atoms with Crippen LogP contribution in [-0.4, -0.2) is 23.4 Å². The molecule has 0 unspecified atom stereocenters. The number of furan rings is 1. The number of carbonyl (C=O) groups excluding carboxylic acids is 1. The summed E-state index contributed by atoms with van der Waals surface area (Å²) in [5, 5.41) is 1.23. The molecule has 1 amide bonds. The predicted molar refractivity (Wildman–Crippen MR) is 107 cm³/mol. The van der Waals surface area contributed by atoms with Crippen LogP contribution >= 0.6 is 0 Å². The summed E-state index contributed by atoms with van der Waals surface area (Å²) in [5.41, 5.74) is 2.32. The van der Waals surface area contributed by atoms with Gasteiger partial charge in [0.15, 0.2) is 0 Å². The number of nitrogens with zero attached hydrogens (tertiary/aromatic N) is 1. The Kier molecular flexibility index (Phi) is 6.05. The maximum Gasteiger partial charge on any atom is 0.225 e. The largest absolute Gasteiger partial charge is 0.461 e. The number of amides is 1. The van der Waals surface area contributed by atoms with Gasteiger partial charge in [-0.05, 0) is 37.7 Å². The molecule has 0 bridgehead atoms. The summed E-state index contributed by atoms with van der Waals surface area (Å²) < 4.78 is 6.19. The minimum absolute atomic E-state index is 0.0938. The maximum atomic E-state index is 12.9. The summed E-state index contributed by atoms with van der Waals surface area (Å²) in [6.07, 6.45) is 6.43. The van der Waals surface area contributed by atoms with E-state index in [9.17, 15) is 4.79 Å². The molecule has 0 spiro atoms. The van der Waals surface area contributed by atoms with Crippen LogP contribution in [0.1, 0.15) is 64.7 Å².